The molecule has 0 bridgehead atoms. The number of nitrogens with one attached hydrogen (secondary N) is 1. The van der Waals surface area contributed by atoms with Crippen LogP contribution in [-0.2, 0) is 14.3 Å². The molecule has 1 unspecified atom stereocenters. The number of rotatable bonds is 9. The highest BCUT2D eigenvalue weighted by atomic mass is 16.5. The Morgan fingerprint density at radius 3 is 2.59 bits per heavy atom. The smallest absolute Gasteiger partial charge is 0.305 e. The van der Waals surface area contributed by atoms with Crippen LogP contribution < -0.4 is 11.1 Å². The van der Waals surface area contributed by atoms with Gasteiger partial charge >= 0.3 is 5.97 Å². The first kappa shape index (κ1) is 15.9. The van der Waals surface area contributed by atoms with Gasteiger partial charge in [-0.25, -0.2) is 0 Å². The Hall–Kier alpha value is -1.10. The summed E-state index contributed by atoms with van der Waals surface area (Å²) in [6.45, 7) is 3.29. The van der Waals surface area contributed by atoms with Crippen molar-refractivity contribution in [2.75, 3.05) is 20.2 Å². The Bertz CT molecular complexity index is 232. The molecular formula is C12H24N2O3. The molecule has 1 atom stereocenters. The van der Waals surface area contributed by atoms with E-state index in [9.17, 15) is 9.59 Å². The molecular weight excluding hydrogens is 220 g/mol. The first-order valence-electron chi connectivity index (χ1n) is 6.13. The highest BCUT2D eigenvalue weighted by Crippen LogP contribution is 2.08. The molecule has 0 rings (SSSR count). The summed E-state index contributed by atoms with van der Waals surface area (Å²) in [4.78, 5) is 22.2. The van der Waals surface area contributed by atoms with Crippen molar-refractivity contribution >= 4 is 11.9 Å². The third kappa shape index (κ3) is 9.81. The lowest BCUT2D eigenvalue weighted by Crippen LogP contribution is -2.25. The molecule has 0 saturated heterocycles. The SMILES string of the molecule is COC(=O)CCCNC(=O)CCC(C)CCN. The number of ether oxygens (including phenoxy) is 1. The van der Waals surface area contributed by atoms with E-state index in [0.717, 1.165) is 12.8 Å². The van der Waals surface area contributed by atoms with Gasteiger partial charge in [0.25, 0.3) is 0 Å². The molecule has 0 aromatic heterocycles. The van der Waals surface area contributed by atoms with Crippen LogP contribution in [0.25, 0.3) is 0 Å². The average molecular weight is 244 g/mol. The highest BCUT2D eigenvalue weighted by Gasteiger charge is 2.06. The van der Waals surface area contributed by atoms with Crippen LogP contribution in [0.15, 0.2) is 0 Å². The molecule has 100 valence electrons. The highest BCUT2D eigenvalue weighted by molar-refractivity contribution is 5.75. The van der Waals surface area contributed by atoms with Gasteiger partial charge < -0.3 is 15.8 Å². The first-order valence-corrected chi connectivity index (χ1v) is 6.13. The van der Waals surface area contributed by atoms with Gasteiger partial charge in [0.1, 0.15) is 0 Å². The zero-order valence-electron chi connectivity index (χ0n) is 10.8. The van der Waals surface area contributed by atoms with Crippen molar-refractivity contribution in [3.05, 3.63) is 0 Å². The predicted molar refractivity (Wildman–Crippen MR) is 66.3 cm³/mol. The van der Waals surface area contributed by atoms with Crippen molar-refractivity contribution in [3.8, 4) is 0 Å². The van der Waals surface area contributed by atoms with E-state index in [1.54, 1.807) is 0 Å². The standard InChI is InChI=1S/C12H24N2O3/c1-10(7-8-13)5-6-11(15)14-9-3-4-12(16)17-2/h10H,3-9,13H2,1-2H3,(H,14,15). The molecule has 0 saturated carbocycles. The van der Waals surface area contributed by atoms with Gasteiger partial charge in [-0.05, 0) is 31.7 Å². The van der Waals surface area contributed by atoms with Gasteiger partial charge in [-0.15, -0.1) is 0 Å². The van der Waals surface area contributed by atoms with Crippen LogP contribution in [0.3, 0.4) is 0 Å². The summed E-state index contributed by atoms with van der Waals surface area (Å²) in [5.41, 5.74) is 5.43. The Kier molecular flexibility index (Phi) is 9.43. The second kappa shape index (κ2) is 10.1. The van der Waals surface area contributed by atoms with Crippen LogP contribution in [-0.4, -0.2) is 32.1 Å². The van der Waals surface area contributed by atoms with Gasteiger partial charge in [-0.3, -0.25) is 9.59 Å². The summed E-state index contributed by atoms with van der Waals surface area (Å²) in [5, 5.41) is 2.78. The topological polar surface area (TPSA) is 81.4 Å². The third-order valence-corrected chi connectivity index (χ3v) is 2.63. The van der Waals surface area contributed by atoms with E-state index < -0.39 is 0 Å². The van der Waals surface area contributed by atoms with E-state index in [4.69, 9.17) is 5.73 Å². The van der Waals surface area contributed by atoms with Crippen molar-refractivity contribution in [3.63, 3.8) is 0 Å². The lowest BCUT2D eigenvalue weighted by molar-refractivity contribution is -0.140. The van der Waals surface area contributed by atoms with Crippen LogP contribution in [0, 0.1) is 5.92 Å². The van der Waals surface area contributed by atoms with Crippen molar-refractivity contribution in [2.24, 2.45) is 11.7 Å². The fraction of sp³-hybridized carbons (Fsp3) is 0.833. The molecule has 0 aromatic carbocycles. The Balaban J connectivity index is 3.43. The molecule has 0 aliphatic carbocycles. The fourth-order valence-electron chi connectivity index (χ4n) is 1.46. The number of hydrogen-bond acceptors (Lipinski definition) is 4. The molecule has 0 aliphatic heterocycles. The molecule has 1 amide bonds. The molecule has 0 spiro atoms. The number of amides is 1. The number of nitrogens with two attached hydrogens (primary N) is 1. The summed E-state index contributed by atoms with van der Waals surface area (Å²) in [6.07, 6.45) is 3.31. The van der Waals surface area contributed by atoms with Crippen LogP contribution >= 0.6 is 0 Å². The summed E-state index contributed by atoms with van der Waals surface area (Å²) in [5.74, 6) is 0.287. The normalized spacial score (nSPS) is 11.9. The van der Waals surface area contributed by atoms with Gasteiger partial charge in [0.2, 0.25) is 5.91 Å². The Labute approximate surface area is 103 Å². The minimum atomic E-state index is -0.240. The maximum absolute atomic E-state index is 11.4. The quantitative estimate of drug-likeness (QED) is 0.465. The van der Waals surface area contributed by atoms with Crippen molar-refractivity contribution < 1.29 is 14.3 Å². The number of hydrogen-bond donors (Lipinski definition) is 2. The molecule has 3 N–H and O–H groups in total. The van der Waals surface area contributed by atoms with Gasteiger partial charge in [0.15, 0.2) is 0 Å². The summed E-state index contributed by atoms with van der Waals surface area (Å²) in [7, 11) is 1.36. The summed E-state index contributed by atoms with van der Waals surface area (Å²) in [6, 6.07) is 0. The molecule has 17 heavy (non-hydrogen) atoms. The lowest BCUT2D eigenvalue weighted by atomic mass is 10.0. The molecule has 5 heteroatoms. The molecule has 0 fully saturated rings. The Morgan fingerprint density at radius 1 is 1.29 bits per heavy atom. The van der Waals surface area contributed by atoms with Gasteiger partial charge in [0.05, 0.1) is 7.11 Å². The van der Waals surface area contributed by atoms with Crippen LogP contribution in [0.5, 0.6) is 0 Å². The van der Waals surface area contributed by atoms with Crippen LogP contribution in [0.1, 0.15) is 39.0 Å². The molecule has 0 radical (unpaired) electrons. The minimum absolute atomic E-state index is 0.0405. The maximum atomic E-state index is 11.4. The molecule has 0 aromatic rings. The third-order valence-electron chi connectivity index (χ3n) is 2.63. The number of carbonyl (C=O) groups is 2. The number of methoxy groups -OCH3 is 1. The zero-order chi connectivity index (χ0) is 13.1. The largest absolute Gasteiger partial charge is 0.469 e. The van der Waals surface area contributed by atoms with Gasteiger partial charge in [0, 0.05) is 19.4 Å². The zero-order valence-corrected chi connectivity index (χ0v) is 10.8. The van der Waals surface area contributed by atoms with Crippen LogP contribution in [0.2, 0.25) is 0 Å². The number of esters is 1. The first-order chi connectivity index (χ1) is 8.10. The molecule has 0 aliphatic rings. The maximum Gasteiger partial charge on any atom is 0.305 e. The van der Waals surface area contributed by atoms with Crippen molar-refractivity contribution in [1.82, 2.24) is 5.32 Å². The second-order valence-corrected chi connectivity index (χ2v) is 4.25. The minimum Gasteiger partial charge on any atom is -0.469 e. The summed E-state index contributed by atoms with van der Waals surface area (Å²) < 4.78 is 4.50. The lowest BCUT2D eigenvalue weighted by Gasteiger charge is -2.09. The van der Waals surface area contributed by atoms with Crippen molar-refractivity contribution in [1.29, 1.82) is 0 Å². The van der Waals surface area contributed by atoms with E-state index in [1.165, 1.54) is 7.11 Å². The Morgan fingerprint density at radius 2 is 2.00 bits per heavy atom. The fourth-order valence-corrected chi connectivity index (χ4v) is 1.46. The predicted octanol–water partition coefficient (Wildman–Crippen LogP) is 0.821. The van der Waals surface area contributed by atoms with Crippen molar-refractivity contribution in [2.45, 2.75) is 39.0 Å². The number of carbonyl (C=O) groups excluding carboxylic acids is 2. The monoisotopic (exact) mass is 244 g/mol. The van der Waals surface area contributed by atoms with Gasteiger partial charge in [-0.2, -0.15) is 0 Å². The van der Waals surface area contributed by atoms with E-state index in [0.29, 0.717) is 38.3 Å². The molecule has 0 heterocycles. The second-order valence-electron chi connectivity index (χ2n) is 4.25. The van der Waals surface area contributed by atoms with E-state index in [-0.39, 0.29) is 11.9 Å². The average Bonchev–Trinajstić information content (AvgIpc) is 2.32. The summed E-state index contributed by atoms with van der Waals surface area (Å²) >= 11 is 0. The molecule has 5 nitrogen and oxygen atoms in total. The van der Waals surface area contributed by atoms with Crippen LogP contribution in [0.4, 0.5) is 0 Å². The van der Waals surface area contributed by atoms with E-state index in [1.807, 2.05) is 0 Å². The van der Waals surface area contributed by atoms with Gasteiger partial charge in [-0.1, -0.05) is 6.92 Å². The van der Waals surface area contributed by atoms with E-state index >= 15 is 0 Å². The van der Waals surface area contributed by atoms with E-state index in [2.05, 4.69) is 17.0 Å².